The highest BCUT2D eigenvalue weighted by Gasteiger charge is 2.33. The van der Waals surface area contributed by atoms with E-state index in [4.69, 9.17) is 4.74 Å². The van der Waals surface area contributed by atoms with Crippen LogP contribution in [0, 0.1) is 5.82 Å². The number of aliphatic hydroxyl groups is 1. The second-order valence-corrected chi connectivity index (χ2v) is 4.50. The minimum atomic E-state index is -1.29. The van der Waals surface area contributed by atoms with Crippen LogP contribution >= 0.6 is 0 Å². The van der Waals surface area contributed by atoms with Crippen LogP contribution in [0.5, 0.6) is 5.75 Å². The van der Waals surface area contributed by atoms with Crippen molar-refractivity contribution in [2.75, 3.05) is 6.61 Å². The van der Waals surface area contributed by atoms with E-state index >= 15 is 0 Å². The summed E-state index contributed by atoms with van der Waals surface area (Å²) in [5.41, 5.74) is -0.239. The second-order valence-electron chi connectivity index (χ2n) is 4.50. The Morgan fingerprint density at radius 3 is 2.55 bits per heavy atom. The van der Waals surface area contributed by atoms with E-state index < -0.39 is 11.4 Å². The summed E-state index contributed by atoms with van der Waals surface area (Å²) in [7, 11) is 0. The topological polar surface area (TPSA) is 42.4 Å². The second kappa shape index (κ2) is 6.01. The summed E-state index contributed by atoms with van der Waals surface area (Å²) in [6, 6.07) is 10.1. The highest BCUT2D eigenvalue weighted by Crippen LogP contribution is 2.37. The monoisotopic (exact) mass is 275 g/mol. The fraction of sp³-hybridized carbons (Fsp3) is 0.312. The Kier molecular flexibility index (Phi) is 4.35. The Labute approximate surface area is 118 Å². The molecule has 0 amide bonds. The third-order valence-electron chi connectivity index (χ3n) is 3.30. The zero-order valence-corrected chi connectivity index (χ0v) is 11.6. The first-order valence-electron chi connectivity index (χ1n) is 6.68. The molecule has 106 valence electrons. The Hall–Kier alpha value is -1.94. The first-order valence-corrected chi connectivity index (χ1v) is 6.68. The molecule has 0 radical (unpaired) electrons. The van der Waals surface area contributed by atoms with Gasteiger partial charge in [-0.1, -0.05) is 25.1 Å². The van der Waals surface area contributed by atoms with Gasteiger partial charge in [-0.3, -0.25) is 4.98 Å². The summed E-state index contributed by atoms with van der Waals surface area (Å²) >= 11 is 0. The largest absolute Gasteiger partial charge is 0.493 e. The molecule has 2 rings (SSSR count). The molecule has 4 heteroatoms. The third kappa shape index (κ3) is 2.65. The maximum atomic E-state index is 13.0. The molecule has 1 unspecified atom stereocenters. The predicted octanol–water partition coefficient (Wildman–Crippen LogP) is 3.27. The van der Waals surface area contributed by atoms with Crippen LogP contribution in [0.4, 0.5) is 4.39 Å². The van der Waals surface area contributed by atoms with Crippen LogP contribution in [0.1, 0.15) is 31.5 Å². The maximum Gasteiger partial charge on any atom is 0.141 e. The summed E-state index contributed by atoms with van der Waals surface area (Å²) in [5, 5.41) is 11.0. The molecular weight excluding hydrogens is 257 g/mol. The SMILES string of the molecule is CCOc1ccccc1C(O)(CC)c1ccc(F)cn1. The summed E-state index contributed by atoms with van der Waals surface area (Å²) in [4.78, 5) is 4.02. The van der Waals surface area contributed by atoms with E-state index in [1.54, 1.807) is 6.07 Å². The Morgan fingerprint density at radius 2 is 1.95 bits per heavy atom. The van der Waals surface area contributed by atoms with Gasteiger partial charge in [0.2, 0.25) is 0 Å². The van der Waals surface area contributed by atoms with Crippen molar-refractivity contribution in [3.63, 3.8) is 0 Å². The van der Waals surface area contributed by atoms with Gasteiger partial charge in [-0.05, 0) is 31.5 Å². The highest BCUT2D eigenvalue weighted by atomic mass is 19.1. The molecule has 2 aromatic rings. The minimum Gasteiger partial charge on any atom is -0.493 e. The first kappa shape index (κ1) is 14.5. The molecule has 20 heavy (non-hydrogen) atoms. The molecule has 0 fully saturated rings. The van der Waals surface area contributed by atoms with Gasteiger partial charge in [-0.15, -0.1) is 0 Å². The zero-order valence-electron chi connectivity index (χ0n) is 11.6. The van der Waals surface area contributed by atoms with E-state index in [2.05, 4.69) is 4.98 Å². The lowest BCUT2D eigenvalue weighted by atomic mass is 9.87. The number of halogens is 1. The van der Waals surface area contributed by atoms with E-state index in [-0.39, 0.29) is 0 Å². The van der Waals surface area contributed by atoms with E-state index in [0.29, 0.717) is 30.0 Å². The Balaban J connectivity index is 2.52. The number of hydrogen-bond acceptors (Lipinski definition) is 3. The van der Waals surface area contributed by atoms with Crippen LogP contribution in [0.2, 0.25) is 0 Å². The number of pyridine rings is 1. The van der Waals surface area contributed by atoms with Gasteiger partial charge in [0.1, 0.15) is 17.2 Å². The molecule has 0 aliphatic rings. The summed E-state index contributed by atoms with van der Waals surface area (Å²) in [6.45, 7) is 4.25. The van der Waals surface area contributed by atoms with Gasteiger partial charge in [0, 0.05) is 5.56 Å². The molecule has 0 saturated heterocycles. The number of hydrogen-bond donors (Lipinski definition) is 1. The van der Waals surface area contributed by atoms with E-state index in [0.717, 1.165) is 6.20 Å². The molecular formula is C16H18FNO2. The van der Waals surface area contributed by atoms with Crippen LogP contribution < -0.4 is 4.74 Å². The summed E-state index contributed by atoms with van der Waals surface area (Å²) in [6.07, 6.45) is 1.52. The van der Waals surface area contributed by atoms with Gasteiger partial charge in [0.15, 0.2) is 0 Å². The van der Waals surface area contributed by atoms with Crippen LogP contribution in [0.15, 0.2) is 42.6 Å². The number of rotatable bonds is 5. The van der Waals surface area contributed by atoms with Gasteiger partial charge in [0.25, 0.3) is 0 Å². The number of benzene rings is 1. The molecule has 0 bridgehead atoms. The van der Waals surface area contributed by atoms with Crippen molar-refractivity contribution < 1.29 is 14.2 Å². The molecule has 1 N–H and O–H groups in total. The molecule has 0 saturated carbocycles. The van der Waals surface area contributed by atoms with Crippen molar-refractivity contribution in [1.29, 1.82) is 0 Å². The van der Waals surface area contributed by atoms with Crippen molar-refractivity contribution >= 4 is 0 Å². The molecule has 1 heterocycles. The van der Waals surface area contributed by atoms with E-state index in [1.807, 2.05) is 32.0 Å². The van der Waals surface area contributed by atoms with E-state index in [9.17, 15) is 9.50 Å². The molecule has 1 aromatic heterocycles. The molecule has 1 atom stereocenters. The van der Waals surface area contributed by atoms with Crippen LogP contribution in [0.25, 0.3) is 0 Å². The standard InChI is InChI=1S/C16H18FNO2/c1-3-16(19,15-10-9-12(17)11-18-15)13-7-5-6-8-14(13)20-4-2/h5-11,19H,3-4H2,1-2H3. The van der Waals surface area contributed by atoms with Crippen LogP contribution in [-0.2, 0) is 5.60 Å². The van der Waals surface area contributed by atoms with Crippen molar-refractivity contribution in [3.8, 4) is 5.75 Å². The van der Waals surface area contributed by atoms with Crippen molar-refractivity contribution in [2.24, 2.45) is 0 Å². The highest BCUT2D eigenvalue weighted by molar-refractivity contribution is 5.42. The Bertz CT molecular complexity index is 571. The lowest BCUT2D eigenvalue weighted by Crippen LogP contribution is -2.28. The third-order valence-corrected chi connectivity index (χ3v) is 3.30. The predicted molar refractivity (Wildman–Crippen MR) is 75.1 cm³/mol. The van der Waals surface area contributed by atoms with Gasteiger partial charge < -0.3 is 9.84 Å². The summed E-state index contributed by atoms with van der Waals surface area (Å²) in [5.74, 6) is 0.191. The number of para-hydroxylation sites is 1. The lowest BCUT2D eigenvalue weighted by molar-refractivity contribution is 0.0683. The van der Waals surface area contributed by atoms with Crippen molar-refractivity contribution in [2.45, 2.75) is 25.9 Å². The maximum absolute atomic E-state index is 13.0. The van der Waals surface area contributed by atoms with Gasteiger partial charge in [-0.2, -0.15) is 0 Å². The van der Waals surface area contributed by atoms with Gasteiger partial charge in [-0.25, -0.2) is 4.39 Å². The number of ether oxygens (including phenoxy) is 1. The van der Waals surface area contributed by atoms with Gasteiger partial charge >= 0.3 is 0 Å². The van der Waals surface area contributed by atoms with Crippen LogP contribution in [-0.4, -0.2) is 16.7 Å². The average molecular weight is 275 g/mol. The van der Waals surface area contributed by atoms with Crippen LogP contribution in [0.3, 0.4) is 0 Å². The molecule has 0 spiro atoms. The number of nitrogens with zero attached hydrogens (tertiary/aromatic N) is 1. The smallest absolute Gasteiger partial charge is 0.141 e. The minimum absolute atomic E-state index is 0.411. The number of aromatic nitrogens is 1. The summed E-state index contributed by atoms with van der Waals surface area (Å²) < 4.78 is 18.6. The average Bonchev–Trinajstić information content (AvgIpc) is 2.48. The normalized spacial score (nSPS) is 13.8. The molecule has 3 nitrogen and oxygen atoms in total. The molecule has 0 aliphatic heterocycles. The molecule has 0 aliphatic carbocycles. The lowest BCUT2D eigenvalue weighted by Gasteiger charge is -2.28. The molecule has 1 aromatic carbocycles. The first-order chi connectivity index (χ1) is 9.61. The quantitative estimate of drug-likeness (QED) is 0.910. The fourth-order valence-electron chi connectivity index (χ4n) is 2.22. The fourth-order valence-corrected chi connectivity index (χ4v) is 2.22. The zero-order chi connectivity index (χ0) is 14.6. The Morgan fingerprint density at radius 1 is 1.20 bits per heavy atom. The van der Waals surface area contributed by atoms with Crippen molar-refractivity contribution in [3.05, 3.63) is 59.7 Å². The van der Waals surface area contributed by atoms with Crippen molar-refractivity contribution in [1.82, 2.24) is 4.98 Å². The van der Waals surface area contributed by atoms with Gasteiger partial charge in [0.05, 0.1) is 18.5 Å². The van der Waals surface area contributed by atoms with E-state index in [1.165, 1.54) is 12.1 Å².